The number of hydrogen-bond acceptors (Lipinski definition) is 2. The van der Waals surface area contributed by atoms with Crippen molar-refractivity contribution in [3.05, 3.63) is 11.6 Å². The van der Waals surface area contributed by atoms with E-state index in [4.69, 9.17) is 8.85 Å². The molecule has 0 aliphatic heterocycles. The fraction of sp³-hybridized carbons (Fsp3) is 0.895. The van der Waals surface area contributed by atoms with Crippen molar-refractivity contribution in [2.75, 3.05) is 13.2 Å². The Balaban J connectivity index is 3.35. The van der Waals surface area contributed by atoms with Crippen LogP contribution in [0.5, 0.6) is 0 Å². The highest BCUT2D eigenvalue weighted by atomic mass is 28.4. The molecule has 0 rings (SSSR count). The Morgan fingerprint density at radius 2 is 1.27 bits per heavy atom. The molecule has 0 atom stereocenters. The lowest BCUT2D eigenvalue weighted by atomic mass is 10.1. The SMILES string of the molecule is CCCCCCCCCCCCO[Si](C)(C)OCC=C(C)C. The normalized spacial score (nSPS) is 11.7. The maximum atomic E-state index is 5.97. The molecule has 0 spiro atoms. The Morgan fingerprint density at radius 1 is 0.773 bits per heavy atom. The average molecular weight is 329 g/mol. The maximum Gasteiger partial charge on any atom is 0.331 e. The minimum absolute atomic E-state index is 0.694. The molecule has 0 heterocycles. The van der Waals surface area contributed by atoms with Crippen LogP contribution in [-0.2, 0) is 8.85 Å². The lowest BCUT2D eigenvalue weighted by Crippen LogP contribution is -2.35. The highest BCUT2D eigenvalue weighted by Gasteiger charge is 2.23. The minimum atomic E-state index is -1.91. The quantitative estimate of drug-likeness (QED) is 0.191. The molecule has 0 aromatic carbocycles. The van der Waals surface area contributed by atoms with Gasteiger partial charge in [-0.25, -0.2) is 0 Å². The van der Waals surface area contributed by atoms with E-state index in [2.05, 4.69) is 39.9 Å². The van der Waals surface area contributed by atoms with Crippen LogP contribution >= 0.6 is 0 Å². The van der Waals surface area contributed by atoms with E-state index in [0.29, 0.717) is 6.61 Å². The first-order chi connectivity index (χ1) is 10.5. The van der Waals surface area contributed by atoms with Gasteiger partial charge in [-0.15, -0.1) is 0 Å². The molecule has 0 aliphatic rings. The third-order valence-electron chi connectivity index (χ3n) is 3.87. The second kappa shape index (κ2) is 14.5. The predicted molar refractivity (Wildman–Crippen MR) is 101 cm³/mol. The first-order valence-electron chi connectivity index (χ1n) is 9.39. The van der Waals surface area contributed by atoms with E-state index in [0.717, 1.165) is 6.61 Å². The molecule has 3 heteroatoms. The molecule has 0 aromatic rings. The van der Waals surface area contributed by atoms with Gasteiger partial charge in [-0.3, -0.25) is 0 Å². The Labute approximate surface area is 140 Å². The molecule has 0 saturated heterocycles. The van der Waals surface area contributed by atoms with Gasteiger partial charge in [-0.1, -0.05) is 76.4 Å². The Hall–Kier alpha value is -0.123. The van der Waals surface area contributed by atoms with Crippen LogP contribution in [0.2, 0.25) is 13.1 Å². The van der Waals surface area contributed by atoms with Crippen LogP contribution < -0.4 is 0 Å². The molecule has 0 unspecified atom stereocenters. The summed E-state index contributed by atoms with van der Waals surface area (Å²) in [5, 5.41) is 0. The average Bonchev–Trinajstić information content (AvgIpc) is 2.44. The van der Waals surface area contributed by atoms with Gasteiger partial charge in [-0.2, -0.15) is 0 Å². The van der Waals surface area contributed by atoms with E-state index in [1.807, 2.05) is 0 Å². The van der Waals surface area contributed by atoms with Gasteiger partial charge in [0.25, 0.3) is 0 Å². The fourth-order valence-electron chi connectivity index (χ4n) is 2.36. The summed E-state index contributed by atoms with van der Waals surface area (Å²) in [5.41, 5.74) is 1.31. The number of hydrogen-bond donors (Lipinski definition) is 0. The standard InChI is InChI=1S/C19H40O2Si/c1-6-7-8-9-10-11-12-13-14-15-17-20-22(4,5)21-18-16-19(2)3/h16H,6-15,17-18H2,1-5H3. The summed E-state index contributed by atoms with van der Waals surface area (Å²) >= 11 is 0. The molecule has 0 amide bonds. The lowest BCUT2D eigenvalue weighted by Gasteiger charge is -2.22. The lowest BCUT2D eigenvalue weighted by molar-refractivity contribution is 0.190. The molecule has 0 aliphatic carbocycles. The van der Waals surface area contributed by atoms with Gasteiger partial charge in [0.05, 0.1) is 6.61 Å². The predicted octanol–water partition coefficient (Wildman–Crippen LogP) is 6.61. The maximum absolute atomic E-state index is 5.97. The van der Waals surface area contributed by atoms with Crippen LogP contribution in [0.15, 0.2) is 11.6 Å². The summed E-state index contributed by atoms with van der Waals surface area (Å²) < 4.78 is 11.8. The molecule has 0 bridgehead atoms. The summed E-state index contributed by atoms with van der Waals surface area (Å²) in [5.74, 6) is 0. The highest BCUT2D eigenvalue weighted by molar-refractivity contribution is 6.64. The largest absolute Gasteiger partial charge is 0.395 e. The Bertz CT molecular complexity index is 271. The van der Waals surface area contributed by atoms with Gasteiger partial charge < -0.3 is 8.85 Å². The highest BCUT2D eigenvalue weighted by Crippen LogP contribution is 2.12. The third-order valence-corrected chi connectivity index (χ3v) is 5.63. The summed E-state index contributed by atoms with van der Waals surface area (Å²) in [7, 11) is -1.91. The van der Waals surface area contributed by atoms with Crippen molar-refractivity contribution in [3.63, 3.8) is 0 Å². The number of allylic oxidation sites excluding steroid dienone is 1. The number of unbranched alkanes of at least 4 members (excludes halogenated alkanes) is 9. The van der Waals surface area contributed by atoms with Gasteiger partial charge in [0.1, 0.15) is 0 Å². The summed E-state index contributed by atoms with van der Waals surface area (Å²) in [6.07, 6.45) is 15.8. The Morgan fingerprint density at radius 3 is 1.77 bits per heavy atom. The van der Waals surface area contributed by atoms with E-state index in [1.54, 1.807) is 0 Å². The molecular formula is C19H40O2Si. The van der Waals surface area contributed by atoms with Crippen LogP contribution in [0.3, 0.4) is 0 Å². The fourth-order valence-corrected chi connectivity index (χ4v) is 3.56. The second-order valence-corrected chi connectivity index (χ2v) is 10.4. The van der Waals surface area contributed by atoms with Crippen LogP contribution in [0.4, 0.5) is 0 Å². The topological polar surface area (TPSA) is 18.5 Å². The van der Waals surface area contributed by atoms with Crippen molar-refractivity contribution in [3.8, 4) is 0 Å². The molecule has 132 valence electrons. The molecule has 22 heavy (non-hydrogen) atoms. The van der Waals surface area contributed by atoms with Crippen molar-refractivity contribution in [2.45, 2.75) is 98.1 Å². The molecule has 0 N–H and O–H groups in total. The first-order valence-corrected chi connectivity index (χ1v) is 12.2. The van der Waals surface area contributed by atoms with Crippen LogP contribution in [-0.4, -0.2) is 21.8 Å². The van der Waals surface area contributed by atoms with Gasteiger partial charge >= 0.3 is 8.56 Å². The van der Waals surface area contributed by atoms with E-state index < -0.39 is 8.56 Å². The van der Waals surface area contributed by atoms with Gasteiger partial charge in [0, 0.05) is 6.61 Å². The van der Waals surface area contributed by atoms with Crippen LogP contribution in [0.1, 0.15) is 85.0 Å². The molecule has 0 fully saturated rings. The van der Waals surface area contributed by atoms with Crippen LogP contribution in [0, 0.1) is 0 Å². The van der Waals surface area contributed by atoms with E-state index in [-0.39, 0.29) is 0 Å². The summed E-state index contributed by atoms with van der Waals surface area (Å²) in [4.78, 5) is 0. The van der Waals surface area contributed by atoms with Crippen molar-refractivity contribution >= 4 is 8.56 Å². The van der Waals surface area contributed by atoms with Gasteiger partial charge in [-0.05, 0) is 33.4 Å². The van der Waals surface area contributed by atoms with E-state index in [1.165, 1.54) is 69.8 Å². The van der Waals surface area contributed by atoms with Gasteiger partial charge in [0.15, 0.2) is 0 Å². The van der Waals surface area contributed by atoms with Gasteiger partial charge in [0.2, 0.25) is 0 Å². The zero-order valence-corrected chi connectivity index (χ0v) is 16.9. The zero-order chi connectivity index (χ0) is 16.7. The summed E-state index contributed by atoms with van der Waals surface area (Å²) in [6.45, 7) is 12.3. The Kier molecular flexibility index (Phi) is 14.4. The number of rotatable bonds is 15. The monoisotopic (exact) mass is 328 g/mol. The third kappa shape index (κ3) is 16.3. The summed E-state index contributed by atoms with van der Waals surface area (Å²) in [6, 6.07) is 0. The smallest absolute Gasteiger partial charge is 0.331 e. The van der Waals surface area contributed by atoms with Crippen molar-refractivity contribution in [1.29, 1.82) is 0 Å². The molecular weight excluding hydrogens is 288 g/mol. The van der Waals surface area contributed by atoms with Crippen molar-refractivity contribution in [1.82, 2.24) is 0 Å². The molecule has 2 nitrogen and oxygen atoms in total. The second-order valence-electron chi connectivity index (χ2n) is 7.02. The van der Waals surface area contributed by atoms with Crippen molar-refractivity contribution in [2.24, 2.45) is 0 Å². The van der Waals surface area contributed by atoms with E-state index >= 15 is 0 Å². The van der Waals surface area contributed by atoms with Crippen molar-refractivity contribution < 1.29 is 8.85 Å². The molecule has 0 aromatic heterocycles. The molecule has 0 radical (unpaired) electrons. The minimum Gasteiger partial charge on any atom is -0.395 e. The van der Waals surface area contributed by atoms with E-state index in [9.17, 15) is 0 Å². The van der Waals surface area contributed by atoms with Crippen LogP contribution in [0.25, 0.3) is 0 Å². The molecule has 0 saturated carbocycles. The zero-order valence-electron chi connectivity index (χ0n) is 15.9. The first kappa shape index (κ1) is 21.9.